The van der Waals surface area contributed by atoms with Gasteiger partial charge in [0.2, 0.25) is 16.8 Å². The van der Waals surface area contributed by atoms with Crippen molar-refractivity contribution in [2.75, 3.05) is 31.8 Å². The standard InChI is InChI=1S/C22H24N2O7S/c1-15(25)18-11-20-21(31-14-30-20)12-19(18)23-22(26)13-29-16-5-7-17(8-6-16)32(27,28)24-9-3-2-4-10-24/h5-8,11-12H,2-4,9-10,13-14H2,1H3,(H,23,26). The summed E-state index contributed by atoms with van der Waals surface area (Å²) in [7, 11) is -3.52. The van der Waals surface area contributed by atoms with Crippen LogP contribution in [0.4, 0.5) is 5.69 Å². The number of ether oxygens (including phenoxy) is 3. The van der Waals surface area contributed by atoms with E-state index in [-0.39, 0.29) is 24.1 Å². The summed E-state index contributed by atoms with van der Waals surface area (Å²) in [5, 5.41) is 2.65. The van der Waals surface area contributed by atoms with Gasteiger partial charge >= 0.3 is 0 Å². The van der Waals surface area contributed by atoms with Crippen LogP contribution in [0.2, 0.25) is 0 Å². The summed E-state index contributed by atoms with van der Waals surface area (Å²) in [5.74, 6) is 0.539. The highest BCUT2D eigenvalue weighted by molar-refractivity contribution is 7.89. The van der Waals surface area contributed by atoms with E-state index in [4.69, 9.17) is 14.2 Å². The summed E-state index contributed by atoms with van der Waals surface area (Å²) in [5.41, 5.74) is 0.605. The molecular formula is C22H24N2O7S. The van der Waals surface area contributed by atoms with Crippen molar-refractivity contribution in [1.29, 1.82) is 0 Å². The number of anilines is 1. The summed E-state index contributed by atoms with van der Waals surface area (Å²) >= 11 is 0. The summed E-state index contributed by atoms with van der Waals surface area (Å²) < 4.78 is 43.0. The molecule has 0 atom stereocenters. The van der Waals surface area contributed by atoms with Gasteiger partial charge < -0.3 is 19.5 Å². The Hall–Kier alpha value is -3.11. The lowest BCUT2D eigenvalue weighted by Gasteiger charge is -2.25. The third-order valence-corrected chi connectivity index (χ3v) is 7.23. The maximum Gasteiger partial charge on any atom is 0.262 e. The molecule has 2 aliphatic heterocycles. The van der Waals surface area contributed by atoms with Crippen LogP contribution in [0.5, 0.6) is 17.2 Å². The van der Waals surface area contributed by atoms with Gasteiger partial charge in [0.05, 0.1) is 10.6 Å². The van der Waals surface area contributed by atoms with Crippen LogP contribution in [-0.2, 0) is 14.8 Å². The van der Waals surface area contributed by atoms with Crippen molar-refractivity contribution in [3.8, 4) is 17.2 Å². The van der Waals surface area contributed by atoms with Gasteiger partial charge in [-0.05, 0) is 50.1 Å². The number of hydrogen-bond acceptors (Lipinski definition) is 7. The van der Waals surface area contributed by atoms with Crippen molar-refractivity contribution in [3.05, 3.63) is 42.0 Å². The molecule has 2 aromatic rings. The number of nitrogens with one attached hydrogen (secondary N) is 1. The van der Waals surface area contributed by atoms with Crippen LogP contribution in [0.15, 0.2) is 41.3 Å². The van der Waals surface area contributed by atoms with Crippen LogP contribution in [0, 0.1) is 0 Å². The molecule has 1 amide bonds. The molecule has 170 valence electrons. The van der Waals surface area contributed by atoms with E-state index in [0.717, 1.165) is 19.3 Å². The lowest BCUT2D eigenvalue weighted by atomic mass is 10.1. The fourth-order valence-electron chi connectivity index (χ4n) is 3.63. The first kappa shape index (κ1) is 22.1. The monoisotopic (exact) mass is 460 g/mol. The summed E-state index contributed by atoms with van der Waals surface area (Å²) in [6, 6.07) is 9.06. The first-order valence-electron chi connectivity index (χ1n) is 10.3. The van der Waals surface area contributed by atoms with Gasteiger partial charge in [-0.3, -0.25) is 9.59 Å². The number of nitrogens with zero attached hydrogens (tertiary/aromatic N) is 1. The molecule has 2 aromatic carbocycles. The number of amides is 1. The Bertz CT molecular complexity index is 1120. The van der Waals surface area contributed by atoms with Gasteiger partial charge in [-0.25, -0.2) is 8.42 Å². The van der Waals surface area contributed by atoms with E-state index in [2.05, 4.69) is 5.32 Å². The third kappa shape index (κ3) is 4.71. The highest BCUT2D eigenvalue weighted by Gasteiger charge is 2.26. The first-order valence-corrected chi connectivity index (χ1v) is 11.8. The molecule has 0 spiro atoms. The minimum absolute atomic E-state index is 0.0522. The van der Waals surface area contributed by atoms with Gasteiger partial charge in [0.25, 0.3) is 5.91 Å². The van der Waals surface area contributed by atoms with E-state index in [0.29, 0.717) is 41.6 Å². The molecule has 9 nitrogen and oxygen atoms in total. The topological polar surface area (TPSA) is 111 Å². The van der Waals surface area contributed by atoms with Crippen molar-refractivity contribution in [1.82, 2.24) is 4.31 Å². The van der Waals surface area contributed by atoms with E-state index in [1.165, 1.54) is 47.6 Å². The molecule has 0 aliphatic carbocycles. The number of rotatable bonds is 7. The fraction of sp³-hybridized carbons (Fsp3) is 0.364. The Morgan fingerprint density at radius 1 is 1.03 bits per heavy atom. The molecule has 10 heteroatoms. The second-order valence-corrected chi connectivity index (χ2v) is 9.52. The van der Waals surface area contributed by atoms with Gasteiger partial charge in [-0.15, -0.1) is 0 Å². The van der Waals surface area contributed by atoms with E-state index in [1.807, 2.05) is 0 Å². The van der Waals surface area contributed by atoms with E-state index in [1.54, 1.807) is 0 Å². The number of hydrogen-bond donors (Lipinski definition) is 1. The molecule has 1 saturated heterocycles. The highest BCUT2D eigenvalue weighted by Crippen LogP contribution is 2.37. The quantitative estimate of drug-likeness (QED) is 0.633. The highest BCUT2D eigenvalue weighted by atomic mass is 32.2. The molecule has 0 saturated carbocycles. The molecule has 0 radical (unpaired) electrons. The molecule has 1 N–H and O–H groups in total. The molecule has 0 aromatic heterocycles. The Morgan fingerprint density at radius 3 is 2.34 bits per heavy atom. The molecule has 2 aliphatic rings. The van der Waals surface area contributed by atoms with Crippen LogP contribution >= 0.6 is 0 Å². The summed E-state index contributed by atoms with van der Waals surface area (Å²) in [4.78, 5) is 24.5. The zero-order chi connectivity index (χ0) is 22.7. The van der Waals surface area contributed by atoms with Gasteiger partial charge in [0, 0.05) is 24.7 Å². The van der Waals surface area contributed by atoms with Crippen molar-refractivity contribution < 1.29 is 32.2 Å². The largest absolute Gasteiger partial charge is 0.484 e. The molecular weight excluding hydrogens is 436 g/mol. The van der Waals surface area contributed by atoms with Crippen LogP contribution in [0.1, 0.15) is 36.5 Å². The Kier molecular flexibility index (Phi) is 6.33. The summed E-state index contributed by atoms with van der Waals surface area (Å²) in [6.07, 6.45) is 2.77. The fourth-order valence-corrected chi connectivity index (χ4v) is 5.15. The minimum Gasteiger partial charge on any atom is -0.484 e. The molecule has 2 heterocycles. The second-order valence-electron chi connectivity index (χ2n) is 7.58. The zero-order valence-electron chi connectivity index (χ0n) is 17.6. The predicted molar refractivity (Wildman–Crippen MR) is 116 cm³/mol. The van der Waals surface area contributed by atoms with Crippen LogP contribution in [0.25, 0.3) is 0 Å². The van der Waals surface area contributed by atoms with E-state index < -0.39 is 15.9 Å². The number of sulfonamides is 1. The zero-order valence-corrected chi connectivity index (χ0v) is 18.4. The molecule has 4 rings (SSSR count). The molecule has 1 fully saturated rings. The number of carbonyl (C=O) groups excluding carboxylic acids is 2. The van der Waals surface area contributed by atoms with Crippen molar-refractivity contribution >= 4 is 27.4 Å². The second kappa shape index (κ2) is 9.17. The number of benzene rings is 2. The molecule has 32 heavy (non-hydrogen) atoms. The lowest BCUT2D eigenvalue weighted by molar-refractivity contribution is -0.118. The normalized spacial score (nSPS) is 15.9. The number of Topliss-reactive ketones (excluding diaryl/α,β-unsaturated/α-hetero) is 1. The van der Waals surface area contributed by atoms with E-state index in [9.17, 15) is 18.0 Å². The molecule has 0 bridgehead atoms. The van der Waals surface area contributed by atoms with Crippen molar-refractivity contribution in [2.45, 2.75) is 31.1 Å². The van der Waals surface area contributed by atoms with Gasteiger partial charge in [0.1, 0.15) is 5.75 Å². The first-order chi connectivity index (χ1) is 15.3. The maximum absolute atomic E-state index is 12.7. The van der Waals surface area contributed by atoms with Gasteiger partial charge in [0.15, 0.2) is 23.9 Å². The Morgan fingerprint density at radius 2 is 1.69 bits per heavy atom. The smallest absolute Gasteiger partial charge is 0.262 e. The van der Waals surface area contributed by atoms with Gasteiger partial charge in [-0.1, -0.05) is 6.42 Å². The van der Waals surface area contributed by atoms with Crippen molar-refractivity contribution in [2.24, 2.45) is 0 Å². The Balaban J connectivity index is 1.38. The van der Waals surface area contributed by atoms with Crippen LogP contribution in [0.3, 0.4) is 0 Å². The molecule has 0 unspecified atom stereocenters. The van der Waals surface area contributed by atoms with Crippen LogP contribution < -0.4 is 19.5 Å². The average molecular weight is 461 g/mol. The van der Waals surface area contributed by atoms with Gasteiger partial charge in [-0.2, -0.15) is 4.31 Å². The van der Waals surface area contributed by atoms with Crippen molar-refractivity contribution in [3.63, 3.8) is 0 Å². The predicted octanol–water partition coefficient (Wildman–Crippen LogP) is 2.81. The Labute approximate surface area is 186 Å². The van der Waals surface area contributed by atoms with Crippen LogP contribution in [-0.4, -0.2) is 50.9 Å². The summed E-state index contributed by atoms with van der Waals surface area (Å²) in [6.45, 7) is 2.19. The number of fused-ring (bicyclic) bond motifs is 1. The van der Waals surface area contributed by atoms with E-state index >= 15 is 0 Å². The number of carbonyl (C=O) groups is 2. The average Bonchev–Trinajstić information content (AvgIpc) is 3.25. The maximum atomic E-state index is 12.7. The number of piperidine rings is 1. The lowest BCUT2D eigenvalue weighted by Crippen LogP contribution is -2.35. The third-order valence-electron chi connectivity index (χ3n) is 5.31. The minimum atomic E-state index is -3.52. The SMILES string of the molecule is CC(=O)c1cc2c(cc1NC(=O)COc1ccc(S(=O)(=O)N3CCCCC3)cc1)OCO2. The number of ketones is 1.